The molecule has 0 unspecified atom stereocenters. The van der Waals surface area contributed by atoms with Crippen LogP contribution < -0.4 is 0 Å². The highest BCUT2D eigenvalue weighted by atomic mass is 16.3. The maximum absolute atomic E-state index is 6.51. The molecule has 8 aromatic carbocycles. The average molecular weight is 717 g/mol. The number of aromatic nitrogens is 4. The summed E-state index contributed by atoms with van der Waals surface area (Å²) in [6.07, 6.45) is 0. The van der Waals surface area contributed by atoms with Crippen molar-refractivity contribution in [2.75, 3.05) is 0 Å². The molecule has 0 fully saturated rings. The highest BCUT2D eigenvalue weighted by Crippen LogP contribution is 2.43. The molecule has 11 rings (SSSR count). The number of nitrogens with zero attached hydrogens (tertiary/aromatic N) is 4. The fourth-order valence-electron chi connectivity index (χ4n) is 8.04. The van der Waals surface area contributed by atoms with Crippen molar-refractivity contribution in [1.82, 2.24) is 19.5 Å². The Morgan fingerprint density at radius 2 is 0.857 bits per heavy atom. The van der Waals surface area contributed by atoms with Gasteiger partial charge in [-0.3, -0.25) is 0 Å². The van der Waals surface area contributed by atoms with Crippen molar-refractivity contribution in [3.63, 3.8) is 0 Å². The summed E-state index contributed by atoms with van der Waals surface area (Å²) in [6.45, 7) is 0. The Kier molecular flexibility index (Phi) is 7.42. The summed E-state index contributed by atoms with van der Waals surface area (Å²) >= 11 is 0. The van der Waals surface area contributed by atoms with Crippen LogP contribution in [-0.2, 0) is 0 Å². The van der Waals surface area contributed by atoms with Crippen molar-refractivity contribution in [2.45, 2.75) is 0 Å². The molecule has 0 atom stereocenters. The first-order valence-electron chi connectivity index (χ1n) is 18.8. The number of benzene rings is 8. The molecule has 0 saturated carbocycles. The molecule has 0 spiro atoms. The number of para-hydroxylation sites is 2. The second-order valence-corrected chi connectivity index (χ2v) is 14.0. The van der Waals surface area contributed by atoms with E-state index in [4.69, 9.17) is 19.4 Å². The molecule has 0 bridgehead atoms. The van der Waals surface area contributed by atoms with E-state index in [-0.39, 0.29) is 0 Å². The molecule has 0 N–H and O–H groups in total. The molecule has 0 aliphatic rings. The van der Waals surface area contributed by atoms with Gasteiger partial charge in [0.05, 0.1) is 16.7 Å². The van der Waals surface area contributed by atoms with E-state index in [2.05, 4.69) is 162 Å². The predicted molar refractivity (Wildman–Crippen MR) is 229 cm³/mol. The van der Waals surface area contributed by atoms with Crippen LogP contribution in [0.5, 0.6) is 0 Å². The van der Waals surface area contributed by atoms with Crippen molar-refractivity contribution in [3.8, 4) is 62.1 Å². The third-order valence-corrected chi connectivity index (χ3v) is 10.7. The third kappa shape index (κ3) is 5.29. The van der Waals surface area contributed by atoms with E-state index in [0.29, 0.717) is 17.5 Å². The quantitative estimate of drug-likeness (QED) is 0.172. The van der Waals surface area contributed by atoms with Gasteiger partial charge in [0.25, 0.3) is 0 Å². The van der Waals surface area contributed by atoms with E-state index >= 15 is 0 Å². The lowest BCUT2D eigenvalue weighted by atomic mass is 10.0. The first-order chi connectivity index (χ1) is 27.8. The molecule has 3 aromatic heterocycles. The first kappa shape index (κ1) is 31.9. The van der Waals surface area contributed by atoms with Gasteiger partial charge in [0.2, 0.25) is 0 Å². The van der Waals surface area contributed by atoms with Crippen molar-refractivity contribution in [3.05, 3.63) is 194 Å². The third-order valence-electron chi connectivity index (χ3n) is 10.7. The lowest BCUT2D eigenvalue weighted by molar-refractivity contribution is 0.669. The number of hydrogen-bond donors (Lipinski definition) is 0. The Labute approximate surface area is 322 Å². The minimum Gasteiger partial charge on any atom is -0.456 e. The second-order valence-electron chi connectivity index (χ2n) is 14.0. The molecule has 3 heterocycles. The zero-order chi connectivity index (χ0) is 37.0. The summed E-state index contributed by atoms with van der Waals surface area (Å²) in [4.78, 5) is 15.4. The topological polar surface area (TPSA) is 56.7 Å². The van der Waals surface area contributed by atoms with Gasteiger partial charge in [0.1, 0.15) is 11.2 Å². The first-order valence-corrected chi connectivity index (χ1v) is 18.8. The molecule has 0 radical (unpaired) electrons. The van der Waals surface area contributed by atoms with E-state index in [0.717, 1.165) is 82.8 Å². The molecule has 5 nitrogen and oxygen atoms in total. The second kappa shape index (κ2) is 13.0. The number of fused-ring (bicyclic) bond motifs is 7. The lowest BCUT2D eigenvalue weighted by Crippen LogP contribution is -2.03. The summed E-state index contributed by atoms with van der Waals surface area (Å²) in [5.41, 5.74) is 12.3. The standard InChI is InChI=1S/C51H32N4O/c1-4-14-33(15-5-1)35-24-26-37(27-25-35)50-52-49(36-18-8-3-9-19-36)53-51(54-50)40-21-11-13-23-43(40)55-42-22-12-10-20-39(42)47-44(55)29-31-46-48(47)41-32-38(28-30-45(41)56-46)34-16-6-2-7-17-34/h1-32H. The number of furan rings is 1. The Morgan fingerprint density at radius 1 is 0.339 bits per heavy atom. The molecule has 0 aliphatic heterocycles. The van der Waals surface area contributed by atoms with Gasteiger partial charge in [0, 0.05) is 38.2 Å². The predicted octanol–water partition coefficient (Wildman–Crippen LogP) is 13.2. The van der Waals surface area contributed by atoms with E-state index in [9.17, 15) is 0 Å². The van der Waals surface area contributed by atoms with Crippen LogP contribution in [0.2, 0.25) is 0 Å². The van der Waals surface area contributed by atoms with Crippen LogP contribution in [0.4, 0.5) is 0 Å². The maximum Gasteiger partial charge on any atom is 0.166 e. The van der Waals surface area contributed by atoms with Gasteiger partial charge < -0.3 is 8.98 Å². The minimum atomic E-state index is 0.602. The fourth-order valence-corrected chi connectivity index (χ4v) is 8.04. The fraction of sp³-hybridized carbons (Fsp3) is 0. The zero-order valence-corrected chi connectivity index (χ0v) is 30.2. The van der Waals surface area contributed by atoms with Crippen LogP contribution in [-0.4, -0.2) is 19.5 Å². The van der Waals surface area contributed by atoms with Gasteiger partial charge in [-0.2, -0.15) is 0 Å². The minimum absolute atomic E-state index is 0.602. The van der Waals surface area contributed by atoms with Crippen LogP contribution in [0.15, 0.2) is 199 Å². The molecular formula is C51H32N4O. The normalized spacial score (nSPS) is 11.6. The van der Waals surface area contributed by atoms with Crippen LogP contribution >= 0.6 is 0 Å². The molecule has 262 valence electrons. The van der Waals surface area contributed by atoms with Crippen LogP contribution in [0.25, 0.3) is 106 Å². The van der Waals surface area contributed by atoms with Crippen LogP contribution in [0.3, 0.4) is 0 Å². The largest absolute Gasteiger partial charge is 0.456 e. The maximum atomic E-state index is 6.51. The summed E-state index contributed by atoms with van der Waals surface area (Å²) in [7, 11) is 0. The molecule has 0 saturated heterocycles. The summed E-state index contributed by atoms with van der Waals surface area (Å²) in [6, 6.07) is 67.3. The van der Waals surface area contributed by atoms with Crippen LogP contribution in [0, 0.1) is 0 Å². The summed E-state index contributed by atoms with van der Waals surface area (Å²) in [5, 5.41) is 4.50. The van der Waals surface area contributed by atoms with E-state index in [1.54, 1.807) is 0 Å². The van der Waals surface area contributed by atoms with Crippen molar-refractivity contribution < 1.29 is 4.42 Å². The van der Waals surface area contributed by atoms with Gasteiger partial charge in [-0.1, -0.05) is 152 Å². The van der Waals surface area contributed by atoms with Gasteiger partial charge >= 0.3 is 0 Å². The zero-order valence-electron chi connectivity index (χ0n) is 30.2. The van der Waals surface area contributed by atoms with Crippen molar-refractivity contribution in [1.29, 1.82) is 0 Å². The number of hydrogen-bond acceptors (Lipinski definition) is 4. The SMILES string of the molecule is c1ccc(-c2ccc(-c3nc(-c4ccccc4)nc(-c4ccccc4-n4c5ccccc5c5c6c(ccc54)oc4ccc(-c5ccccc5)cc46)n3)cc2)cc1. The molecule has 0 amide bonds. The highest BCUT2D eigenvalue weighted by molar-refractivity contribution is 6.27. The molecule has 0 aliphatic carbocycles. The van der Waals surface area contributed by atoms with Gasteiger partial charge in [0.15, 0.2) is 17.5 Å². The molecule has 56 heavy (non-hydrogen) atoms. The Morgan fingerprint density at radius 3 is 1.59 bits per heavy atom. The van der Waals surface area contributed by atoms with Gasteiger partial charge in [-0.15, -0.1) is 0 Å². The smallest absolute Gasteiger partial charge is 0.166 e. The lowest BCUT2D eigenvalue weighted by Gasteiger charge is -2.14. The summed E-state index contributed by atoms with van der Waals surface area (Å²) in [5.74, 6) is 1.84. The van der Waals surface area contributed by atoms with E-state index < -0.39 is 0 Å². The Bertz CT molecular complexity index is 3220. The van der Waals surface area contributed by atoms with Gasteiger partial charge in [-0.05, 0) is 64.7 Å². The Balaban J connectivity index is 1.13. The van der Waals surface area contributed by atoms with Crippen molar-refractivity contribution >= 4 is 43.7 Å². The monoisotopic (exact) mass is 716 g/mol. The van der Waals surface area contributed by atoms with E-state index in [1.807, 2.05) is 36.4 Å². The Hall–Kier alpha value is -7.63. The highest BCUT2D eigenvalue weighted by Gasteiger charge is 2.22. The number of rotatable bonds is 6. The van der Waals surface area contributed by atoms with E-state index in [1.165, 1.54) is 5.56 Å². The summed E-state index contributed by atoms with van der Waals surface area (Å²) < 4.78 is 8.86. The van der Waals surface area contributed by atoms with Crippen LogP contribution in [0.1, 0.15) is 0 Å². The van der Waals surface area contributed by atoms with Crippen molar-refractivity contribution in [2.24, 2.45) is 0 Å². The molecule has 11 aromatic rings. The van der Waals surface area contributed by atoms with Gasteiger partial charge in [-0.25, -0.2) is 15.0 Å². The molecule has 5 heteroatoms. The average Bonchev–Trinajstić information content (AvgIpc) is 3.82. The molecular weight excluding hydrogens is 685 g/mol.